The van der Waals surface area contributed by atoms with E-state index in [1.54, 1.807) is 0 Å². The van der Waals surface area contributed by atoms with Gasteiger partial charge in [0.2, 0.25) is 0 Å². The van der Waals surface area contributed by atoms with Gasteiger partial charge in [0.25, 0.3) is 0 Å². The van der Waals surface area contributed by atoms with Gasteiger partial charge in [0.05, 0.1) is 6.61 Å². The molecule has 4 aromatic carbocycles. The lowest BCUT2D eigenvalue weighted by Crippen LogP contribution is -2.21. The summed E-state index contributed by atoms with van der Waals surface area (Å²) in [5.41, 5.74) is 5.46. The normalized spacial score (nSPS) is 11.7. The highest BCUT2D eigenvalue weighted by molar-refractivity contribution is 5.78. The van der Waals surface area contributed by atoms with Crippen LogP contribution >= 0.6 is 0 Å². The molecule has 0 aliphatic carbocycles. The van der Waals surface area contributed by atoms with Crippen LogP contribution in [0, 0.1) is 0 Å². The van der Waals surface area contributed by atoms with E-state index < -0.39 is 6.10 Å². The molecule has 0 amide bonds. The number of rotatable bonds is 8. The third kappa shape index (κ3) is 5.12. The van der Waals surface area contributed by atoms with Crippen LogP contribution < -0.4 is 9.64 Å². The summed E-state index contributed by atoms with van der Waals surface area (Å²) in [5, 5.41) is 18.4. The molecule has 0 fully saturated rings. The van der Waals surface area contributed by atoms with E-state index in [0.29, 0.717) is 5.75 Å². The van der Waals surface area contributed by atoms with Crippen molar-refractivity contribution in [1.29, 1.82) is 0 Å². The molecule has 4 heteroatoms. The van der Waals surface area contributed by atoms with E-state index in [4.69, 9.17) is 9.84 Å². The second kappa shape index (κ2) is 9.94. The number of nitrogens with zero attached hydrogens (tertiary/aromatic N) is 1. The maximum absolute atomic E-state index is 9.48. The molecule has 4 rings (SSSR count). The van der Waals surface area contributed by atoms with Crippen LogP contribution in [0.25, 0.3) is 11.1 Å². The zero-order chi connectivity index (χ0) is 21.5. The fraction of sp³-hybridized carbons (Fsp3) is 0.111. The van der Waals surface area contributed by atoms with Gasteiger partial charge in [0.15, 0.2) is 0 Å². The third-order valence-electron chi connectivity index (χ3n) is 5.00. The molecule has 1 unspecified atom stereocenters. The summed E-state index contributed by atoms with van der Waals surface area (Å²) in [6.45, 7) is -0.266. The second-order valence-corrected chi connectivity index (χ2v) is 7.23. The van der Waals surface area contributed by atoms with E-state index in [1.165, 1.54) is 11.1 Å². The number of aliphatic hydroxyl groups excluding tert-OH is 2. The number of hydrogen-bond donors (Lipinski definition) is 2. The Labute approximate surface area is 182 Å². The van der Waals surface area contributed by atoms with Gasteiger partial charge in [-0.2, -0.15) is 0 Å². The Bertz CT molecular complexity index is 1070. The van der Waals surface area contributed by atoms with E-state index in [-0.39, 0.29) is 13.2 Å². The Morgan fingerprint density at radius 3 is 1.68 bits per heavy atom. The molecule has 4 nitrogen and oxygen atoms in total. The number of benzene rings is 4. The largest absolute Gasteiger partial charge is 0.491 e. The van der Waals surface area contributed by atoms with Crippen LogP contribution in [0.2, 0.25) is 0 Å². The predicted octanol–water partition coefficient (Wildman–Crippen LogP) is 5.56. The van der Waals surface area contributed by atoms with Crippen LogP contribution in [-0.2, 0) is 0 Å². The molecule has 2 N–H and O–H groups in total. The lowest BCUT2D eigenvalue weighted by atomic mass is 10.0. The number of hydrogen-bond acceptors (Lipinski definition) is 4. The monoisotopic (exact) mass is 411 g/mol. The minimum atomic E-state index is -0.886. The first kappa shape index (κ1) is 20.7. The second-order valence-electron chi connectivity index (χ2n) is 7.23. The first-order valence-electron chi connectivity index (χ1n) is 10.3. The Morgan fingerprint density at radius 1 is 0.613 bits per heavy atom. The molecular formula is C27H25NO3. The van der Waals surface area contributed by atoms with Crippen LogP contribution in [0.1, 0.15) is 0 Å². The van der Waals surface area contributed by atoms with Crippen molar-refractivity contribution in [3.05, 3.63) is 109 Å². The van der Waals surface area contributed by atoms with E-state index in [1.807, 2.05) is 60.7 Å². The van der Waals surface area contributed by atoms with Gasteiger partial charge in [0.1, 0.15) is 18.5 Å². The lowest BCUT2D eigenvalue weighted by molar-refractivity contribution is 0.0536. The highest BCUT2D eigenvalue weighted by Crippen LogP contribution is 2.36. The molecule has 0 aliphatic heterocycles. The molecule has 0 saturated heterocycles. The summed E-state index contributed by atoms with van der Waals surface area (Å²) < 4.78 is 5.54. The smallest absolute Gasteiger partial charge is 0.119 e. The highest BCUT2D eigenvalue weighted by Gasteiger charge is 2.13. The molecule has 156 valence electrons. The zero-order valence-electron chi connectivity index (χ0n) is 17.1. The van der Waals surface area contributed by atoms with Gasteiger partial charge in [-0.15, -0.1) is 0 Å². The maximum Gasteiger partial charge on any atom is 0.119 e. The van der Waals surface area contributed by atoms with Gasteiger partial charge in [-0.1, -0.05) is 60.7 Å². The van der Waals surface area contributed by atoms with Crippen molar-refractivity contribution in [3.8, 4) is 16.9 Å². The topological polar surface area (TPSA) is 52.9 Å². The Kier molecular flexibility index (Phi) is 6.62. The number of ether oxygens (including phenoxy) is 1. The quantitative estimate of drug-likeness (QED) is 0.399. The van der Waals surface area contributed by atoms with Crippen LogP contribution in [0.4, 0.5) is 17.1 Å². The van der Waals surface area contributed by atoms with E-state index in [9.17, 15) is 5.11 Å². The van der Waals surface area contributed by atoms with Gasteiger partial charge in [-0.05, 0) is 59.7 Å². The van der Waals surface area contributed by atoms with Crippen molar-refractivity contribution < 1.29 is 14.9 Å². The Hall–Kier alpha value is -3.60. The molecule has 0 aliphatic rings. The molecular weight excluding hydrogens is 386 g/mol. The molecule has 0 saturated carbocycles. The van der Waals surface area contributed by atoms with Gasteiger partial charge < -0.3 is 19.8 Å². The van der Waals surface area contributed by atoms with Gasteiger partial charge in [-0.25, -0.2) is 0 Å². The third-order valence-corrected chi connectivity index (χ3v) is 5.00. The van der Waals surface area contributed by atoms with Crippen molar-refractivity contribution in [1.82, 2.24) is 0 Å². The minimum absolute atomic E-state index is 0.0548. The molecule has 31 heavy (non-hydrogen) atoms. The lowest BCUT2D eigenvalue weighted by Gasteiger charge is -2.26. The number of para-hydroxylation sites is 1. The van der Waals surface area contributed by atoms with Crippen molar-refractivity contribution in [2.75, 3.05) is 18.1 Å². The van der Waals surface area contributed by atoms with Crippen LogP contribution in [0.3, 0.4) is 0 Å². The fourth-order valence-electron chi connectivity index (χ4n) is 3.39. The SMILES string of the molecule is OCC(O)COc1ccc(N(c2ccccc2)c2ccc(-c3ccccc3)cc2)cc1. The fourth-order valence-corrected chi connectivity index (χ4v) is 3.39. The van der Waals surface area contributed by atoms with E-state index >= 15 is 0 Å². The molecule has 0 heterocycles. The summed E-state index contributed by atoms with van der Waals surface area (Å²) in [7, 11) is 0. The van der Waals surface area contributed by atoms with E-state index in [2.05, 4.69) is 53.4 Å². The Balaban J connectivity index is 1.63. The van der Waals surface area contributed by atoms with Crippen molar-refractivity contribution in [2.45, 2.75) is 6.10 Å². The predicted molar refractivity (Wildman–Crippen MR) is 125 cm³/mol. The van der Waals surface area contributed by atoms with Crippen LogP contribution in [-0.4, -0.2) is 29.5 Å². The van der Waals surface area contributed by atoms with Gasteiger partial charge in [0, 0.05) is 17.1 Å². The number of anilines is 3. The molecule has 0 radical (unpaired) electrons. The first-order chi connectivity index (χ1) is 15.2. The molecule has 4 aromatic rings. The average Bonchev–Trinajstić information content (AvgIpc) is 2.85. The van der Waals surface area contributed by atoms with Crippen LogP contribution in [0.15, 0.2) is 109 Å². The molecule has 0 spiro atoms. The van der Waals surface area contributed by atoms with Crippen molar-refractivity contribution >= 4 is 17.1 Å². The standard InChI is InChI=1S/C27H25NO3/c29-19-26(30)20-31-27-17-15-25(16-18-27)28(23-9-5-2-6-10-23)24-13-11-22(12-14-24)21-7-3-1-4-8-21/h1-18,26,29-30H,19-20H2. The molecule has 0 bridgehead atoms. The number of aliphatic hydroxyl groups is 2. The maximum atomic E-state index is 9.48. The van der Waals surface area contributed by atoms with Crippen molar-refractivity contribution in [3.63, 3.8) is 0 Å². The van der Waals surface area contributed by atoms with Gasteiger partial charge in [-0.3, -0.25) is 0 Å². The Morgan fingerprint density at radius 2 is 1.10 bits per heavy atom. The average molecular weight is 412 g/mol. The van der Waals surface area contributed by atoms with Crippen molar-refractivity contribution in [2.24, 2.45) is 0 Å². The minimum Gasteiger partial charge on any atom is -0.491 e. The van der Waals surface area contributed by atoms with Gasteiger partial charge >= 0.3 is 0 Å². The summed E-state index contributed by atoms with van der Waals surface area (Å²) in [6, 6.07) is 36.7. The first-order valence-corrected chi connectivity index (χ1v) is 10.3. The molecule has 0 aromatic heterocycles. The highest BCUT2D eigenvalue weighted by atomic mass is 16.5. The summed E-state index contributed by atoms with van der Waals surface area (Å²) in [4.78, 5) is 2.18. The summed E-state index contributed by atoms with van der Waals surface area (Å²) in [5.74, 6) is 0.642. The van der Waals surface area contributed by atoms with E-state index in [0.717, 1.165) is 17.1 Å². The van der Waals surface area contributed by atoms with Crippen LogP contribution in [0.5, 0.6) is 5.75 Å². The summed E-state index contributed by atoms with van der Waals surface area (Å²) in [6.07, 6.45) is -0.886. The summed E-state index contributed by atoms with van der Waals surface area (Å²) >= 11 is 0. The zero-order valence-corrected chi connectivity index (χ0v) is 17.1. The molecule has 1 atom stereocenters.